The number of hydrogen-bond donors (Lipinski definition) is 2. The quantitative estimate of drug-likeness (QED) is 0.822. The van der Waals surface area contributed by atoms with Crippen molar-refractivity contribution in [2.24, 2.45) is 5.73 Å². The molecule has 3 atom stereocenters. The van der Waals surface area contributed by atoms with Gasteiger partial charge in [-0.05, 0) is 57.4 Å². The number of carbonyl (C=O) groups is 1. The van der Waals surface area contributed by atoms with Gasteiger partial charge in [0.15, 0.2) is 0 Å². The molecule has 3 unspecified atom stereocenters. The van der Waals surface area contributed by atoms with Gasteiger partial charge in [-0.3, -0.25) is 4.79 Å². The van der Waals surface area contributed by atoms with Crippen molar-refractivity contribution in [3.63, 3.8) is 0 Å². The maximum atomic E-state index is 12.7. The third-order valence-corrected chi connectivity index (χ3v) is 6.07. The molecule has 1 aromatic rings. The Morgan fingerprint density at radius 1 is 1.29 bits per heavy atom. The second-order valence-electron chi connectivity index (χ2n) is 6.25. The molecule has 0 saturated carbocycles. The van der Waals surface area contributed by atoms with Crippen molar-refractivity contribution in [3.05, 3.63) is 29.3 Å². The maximum Gasteiger partial charge on any atom is 0.241 e. The molecule has 1 fully saturated rings. The second-order valence-corrected chi connectivity index (χ2v) is 8.40. The lowest BCUT2D eigenvalue weighted by atomic mass is 9.96. The number of sulfonamides is 1. The second kappa shape index (κ2) is 7.82. The first-order chi connectivity index (χ1) is 11.2. The predicted octanol–water partition coefficient (Wildman–Crippen LogP) is 1.74. The van der Waals surface area contributed by atoms with Crippen LogP contribution in [0.1, 0.15) is 33.1 Å². The highest BCUT2D eigenvalue weighted by Gasteiger charge is 2.33. The Hall–Kier alpha value is -1.15. The third kappa shape index (κ3) is 4.47. The number of hydrogen-bond acceptors (Lipinski definition) is 4. The Balaban J connectivity index is 2.11. The Bertz CT molecular complexity index is 676. The van der Waals surface area contributed by atoms with Crippen molar-refractivity contribution in [1.29, 1.82) is 0 Å². The molecule has 0 aromatic heterocycles. The molecule has 1 heterocycles. The summed E-state index contributed by atoms with van der Waals surface area (Å²) in [4.78, 5) is 14.5. The SMILES string of the molecule is CC(NS(=O)(=O)c1ccc(Cl)cc1)C(=O)N1CCCCC1C(C)N. The van der Waals surface area contributed by atoms with Crippen LogP contribution >= 0.6 is 11.6 Å². The van der Waals surface area contributed by atoms with Crippen molar-refractivity contribution in [1.82, 2.24) is 9.62 Å². The summed E-state index contributed by atoms with van der Waals surface area (Å²) < 4.78 is 27.3. The van der Waals surface area contributed by atoms with Crippen LogP contribution in [-0.2, 0) is 14.8 Å². The largest absolute Gasteiger partial charge is 0.337 e. The van der Waals surface area contributed by atoms with Crippen LogP contribution in [0.25, 0.3) is 0 Å². The van der Waals surface area contributed by atoms with Crippen LogP contribution in [-0.4, -0.2) is 43.9 Å². The number of halogens is 1. The van der Waals surface area contributed by atoms with Gasteiger partial charge >= 0.3 is 0 Å². The fourth-order valence-corrected chi connectivity index (χ4v) is 4.31. The molecule has 3 N–H and O–H groups in total. The van der Waals surface area contributed by atoms with Gasteiger partial charge in [0.2, 0.25) is 15.9 Å². The number of benzene rings is 1. The van der Waals surface area contributed by atoms with Crippen LogP contribution in [0.15, 0.2) is 29.2 Å². The number of likely N-dealkylation sites (tertiary alicyclic amines) is 1. The molecule has 2 rings (SSSR count). The summed E-state index contributed by atoms with van der Waals surface area (Å²) in [5.74, 6) is -0.241. The third-order valence-electron chi connectivity index (χ3n) is 4.27. The van der Waals surface area contributed by atoms with E-state index in [1.165, 1.54) is 24.3 Å². The van der Waals surface area contributed by atoms with E-state index >= 15 is 0 Å². The van der Waals surface area contributed by atoms with Crippen LogP contribution in [0, 0.1) is 0 Å². The number of amides is 1. The average molecular weight is 374 g/mol. The molecule has 8 heteroatoms. The number of nitrogens with zero attached hydrogens (tertiary/aromatic N) is 1. The van der Waals surface area contributed by atoms with Crippen molar-refractivity contribution >= 4 is 27.5 Å². The van der Waals surface area contributed by atoms with E-state index in [1.54, 1.807) is 11.8 Å². The monoisotopic (exact) mass is 373 g/mol. The highest BCUT2D eigenvalue weighted by Crippen LogP contribution is 2.21. The smallest absolute Gasteiger partial charge is 0.241 e. The Kier molecular flexibility index (Phi) is 6.25. The fourth-order valence-electron chi connectivity index (χ4n) is 2.99. The molecular weight excluding hydrogens is 350 g/mol. The average Bonchev–Trinajstić information content (AvgIpc) is 2.54. The standard InChI is InChI=1S/C16H24ClN3O3S/c1-11(18)15-5-3-4-10-20(15)16(21)12(2)19-24(22,23)14-8-6-13(17)7-9-14/h6-9,11-12,15,19H,3-5,10,18H2,1-2H3. The zero-order chi connectivity index (χ0) is 17.9. The van der Waals surface area contributed by atoms with Gasteiger partial charge in [-0.2, -0.15) is 4.72 Å². The lowest BCUT2D eigenvalue weighted by Crippen LogP contribution is -2.56. The molecular formula is C16H24ClN3O3S. The van der Waals surface area contributed by atoms with E-state index < -0.39 is 16.1 Å². The van der Waals surface area contributed by atoms with E-state index in [9.17, 15) is 13.2 Å². The van der Waals surface area contributed by atoms with Crippen LogP contribution in [0.3, 0.4) is 0 Å². The molecule has 6 nitrogen and oxygen atoms in total. The fraction of sp³-hybridized carbons (Fsp3) is 0.562. The van der Waals surface area contributed by atoms with E-state index in [1.807, 2.05) is 6.92 Å². The van der Waals surface area contributed by atoms with Crippen LogP contribution in [0.2, 0.25) is 5.02 Å². The van der Waals surface area contributed by atoms with E-state index in [0.717, 1.165) is 19.3 Å². The van der Waals surface area contributed by atoms with Crippen molar-refractivity contribution < 1.29 is 13.2 Å². The number of piperidine rings is 1. The number of nitrogens with two attached hydrogens (primary N) is 1. The molecule has 0 radical (unpaired) electrons. The maximum absolute atomic E-state index is 12.7. The first kappa shape index (κ1) is 19.2. The van der Waals surface area contributed by atoms with Crippen molar-refractivity contribution in [2.45, 2.75) is 56.1 Å². The topological polar surface area (TPSA) is 92.5 Å². The van der Waals surface area contributed by atoms with Gasteiger partial charge in [0.25, 0.3) is 0 Å². The molecule has 134 valence electrons. The van der Waals surface area contributed by atoms with Gasteiger partial charge in [0, 0.05) is 23.7 Å². The van der Waals surface area contributed by atoms with E-state index in [4.69, 9.17) is 17.3 Å². The van der Waals surface area contributed by atoms with Gasteiger partial charge in [0.1, 0.15) is 0 Å². The van der Waals surface area contributed by atoms with Crippen molar-refractivity contribution in [3.8, 4) is 0 Å². The number of carbonyl (C=O) groups excluding carboxylic acids is 1. The Labute approximate surface area is 148 Å². The lowest BCUT2D eigenvalue weighted by Gasteiger charge is -2.39. The summed E-state index contributed by atoms with van der Waals surface area (Å²) in [6.07, 6.45) is 2.78. The van der Waals surface area contributed by atoms with Crippen LogP contribution in [0.4, 0.5) is 0 Å². The summed E-state index contributed by atoms with van der Waals surface area (Å²) in [6.45, 7) is 4.04. The molecule has 1 aliphatic heterocycles. The molecule has 0 bridgehead atoms. The van der Waals surface area contributed by atoms with E-state index in [-0.39, 0.29) is 22.9 Å². The molecule has 0 aliphatic carbocycles. The lowest BCUT2D eigenvalue weighted by molar-refractivity contribution is -0.136. The minimum absolute atomic E-state index is 0.0475. The number of nitrogens with one attached hydrogen (secondary N) is 1. The van der Waals surface area contributed by atoms with Gasteiger partial charge in [-0.15, -0.1) is 0 Å². The zero-order valence-electron chi connectivity index (χ0n) is 13.9. The molecule has 1 amide bonds. The Morgan fingerprint density at radius 2 is 1.92 bits per heavy atom. The zero-order valence-corrected chi connectivity index (χ0v) is 15.5. The summed E-state index contributed by atoms with van der Waals surface area (Å²) in [7, 11) is -3.79. The molecule has 1 aromatic carbocycles. The highest BCUT2D eigenvalue weighted by atomic mass is 35.5. The Morgan fingerprint density at radius 3 is 2.50 bits per heavy atom. The summed E-state index contributed by atoms with van der Waals surface area (Å²) in [5.41, 5.74) is 5.98. The summed E-state index contributed by atoms with van der Waals surface area (Å²) >= 11 is 5.78. The molecule has 0 spiro atoms. The minimum atomic E-state index is -3.79. The first-order valence-electron chi connectivity index (χ1n) is 8.06. The predicted molar refractivity (Wildman–Crippen MR) is 94.2 cm³/mol. The van der Waals surface area contributed by atoms with Crippen molar-refractivity contribution in [2.75, 3.05) is 6.54 Å². The molecule has 24 heavy (non-hydrogen) atoms. The van der Waals surface area contributed by atoms with Crippen LogP contribution in [0.5, 0.6) is 0 Å². The minimum Gasteiger partial charge on any atom is -0.337 e. The van der Waals surface area contributed by atoms with Gasteiger partial charge in [0.05, 0.1) is 10.9 Å². The highest BCUT2D eigenvalue weighted by molar-refractivity contribution is 7.89. The van der Waals surface area contributed by atoms with Gasteiger partial charge in [-0.1, -0.05) is 11.6 Å². The number of rotatable bonds is 5. The van der Waals surface area contributed by atoms with Gasteiger partial charge in [-0.25, -0.2) is 8.42 Å². The first-order valence-corrected chi connectivity index (χ1v) is 9.92. The van der Waals surface area contributed by atoms with Crippen LogP contribution < -0.4 is 10.5 Å². The van der Waals surface area contributed by atoms with Gasteiger partial charge < -0.3 is 10.6 Å². The van der Waals surface area contributed by atoms with E-state index in [0.29, 0.717) is 11.6 Å². The molecule has 1 aliphatic rings. The van der Waals surface area contributed by atoms with E-state index in [2.05, 4.69) is 4.72 Å². The summed E-state index contributed by atoms with van der Waals surface area (Å²) in [6, 6.07) is 4.77. The molecule has 1 saturated heterocycles. The summed E-state index contributed by atoms with van der Waals surface area (Å²) in [5, 5.41) is 0.450. The normalized spacial score (nSPS) is 21.3.